The van der Waals surface area contributed by atoms with Gasteiger partial charge >= 0.3 is 11.9 Å². The molecule has 0 aliphatic carbocycles. The minimum atomic E-state index is -0.618. The first kappa shape index (κ1) is 16.8. The molecular weight excluding hydrogens is 362 g/mol. The first-order valence-electron chi connectivity index (χ1n) is 6.66. The van der Waals surface area contributed by atoms with E-state index in [1.165, 1.54) is 20.3 Å². The van der Waals surface area contributed by atoms with E-state index < -0.39 is 18.0 Å². The second-order valence-electron chi connectivity index (χ2n) is 4.51. The molecule has 2 rings (SSSR count). The molecule has 1 atom stereocenters. The van der Waals surface area contributed by atoms with Gasteiger partial charge in [-0.05, 0) is 27.1 Å². The number of methoxy groups -OCH3 is 2. The van der Waals surface area contributed by atoms with E-state index >= 15 is 0 Å². The third-order valence-electron chi connectivity index (χ3n) is 3.15. The van der Waals surface area contributed by atoms with Gasteiger partial charge in [-0.25, -0.2) is 9.59 Å². The summed E-state index contributed by atoms with van der Waals surface area (Å²) in [5.74, 6) is 4.22. The molecule has 6 heteroatoms. The summed E-state index contributed by atoms with van der Waals surface area (Å²) >= 11 is 3.50. The molecule has 0 fully saturated rings. The largest absolute Gasteiger partial charge is 0.466 e. The minimum absolute atomic E-state index is 0.424. The van der Waals surface area contributed by atoms with Gasteiger partial charge in [0.05, 0.1) is 14.2 Å². The molecule has 23 heavy (non-hydrogen) atoms. The lowest BCUT2D eigenvalue weighted by Crippen LogP contribution is -2.22. The number of hydrogen-bond donors (Lipinski definition) is 0. The van der Waals surface area contributed by atoms with Crippen molar-refractivity contribution in [2.75, 3.05) is 14.2 Å². The Morgan fingerprint density at radius 3 is 2.70 bits per heavy atom. The number of esters is 2. The molecule has 0 saturated heterocycles. The fraction of sp³-hybridized carbons (Fsp3) is 0.176. The highest BCUT2D eigenvalue weighted by Gasteiger charge is 2.24. The number of carbonyl (C=O) groups excluding carboxylic acids is 2. The Balaban J connectivity index is 2.45. The fourth-order valence-corrected chi connectivity index (χ4v) is 2.66. The van der Waals surface area contributed by atoms with E-state index in [0.717, 1.165) is 15.6 Å². The van der Waals surface area contributed by atoms with Crippen LogP contribution in [-0.4, -0.2) is 31.1 Å². The van der Waals surface area contributed by atoms with Crippen LogP contribution in [0.1, 0.15) is 17.2 Å². The number of ether oxygens (including phenoxy) is 2. The summed E-state index contributed by atoms with van der Waals surface area (Å²) in [4.78, 5) is 24.4. The standard InChI is InChI=1S/C17H14BrNO4/c1-22-16(20)8-7-15-13-6-4-3-5-12(13)14(18)11-19(15)10-9-17(21)23-2/h3-6,9-11,15H,1-2H3/b10-9+. The number of rotatable bonds is 2. The van der Waals surface area contributed by atoms with Crippen LogP contribution in [0.15, 0.2) is 42.7 Å². The summed E-state index contributed by atoms with van der Waals surface area (Å²) in [5.41, 5.74) is 1.88. The van der Waals surface area contributed by atoms with E-state index in [1.54, 1.807) is 17.3 Å². The Hall–Kier alpha value is -2.52. The summed E-state index contributed by atoms with van der Waals surface area (Å²) in [6.45, 7) is 0. The van der Waals surface area contributed by atoms with Crippen molar-refractivity contribution < 1.29 is 19.1 Å². The monoisotopic (exact) mass is 375 g/mol. The summed E-state index contributed by atoms with van der Waals surface area (Å²) in [5, 5.41) is 0. The Bertz CT molecular complexity index is 742. The zero-order valence-electron chi connectivity index (χ0n) is 12.6. The summed E-state index contributed by atoms with van der Waals surface area (Å²) in [6, 6.07) is 7.24. The molecule has 1 aromatic carbocycles. The molecule has 0 aromatic heterocycles. The fourth-order valence-electron chi connectivity index (χ4n) is 2.06. The van der Waals surface area contributed by atoms with Crippen molar-refractivity contribution in [3.63, 3.8) is 0 Å². The molecule has 0 bridgehead atoms. The molecule has 1 aliphatic heterocycles. The SMILES string of the molecule is COC(=O)C#CC1c2ccccc2C(Br)=CN1/C=C/C(=O)OC. The maximum atomic E-state index is 11.3. The van der Waals surface area contributed by atoms with Gasteiger partial charge in [0.1, 0.15) is 6.04 Å². The second-order valence-corrected chi connectivity index (χ2v) is 5.37. The average molecular weight is 376 g/mol. The Morgan fingerprint density at radius 2 is 2.00 bits per heavy atom. The van der Waals surface area contributed by atoms with Crippen LogP contribution in [-0.2, 0) is 19.1 Å². The molecule has 1 unspecified atom stereocenters. The van der Waals surface area contributed by atoms with E-state index in [9.17, 15) is 9.59 Å². The number of fused-ring (bicyclic) bond motifs is 1. The minimum Gasteiger partial charge on any atom is -0.466 e. The van der Waals surface area contributed by atoms with E-state index in [0.29, 0.717) is 0 Å². The van der Waals surface area contributed by atoms with E-state index in [4.69, 9.17) is 0 Å². The third-order valence-corrected chi connectivity index (χ3v) is 3.79. The van der Waals surface area contributed by atoms with Gasteiger partial charge in [-0.3, -0.25) is 0 Å². The Labute approximate surface area is 142 Å². The van der Waals surface area contributed by atoms with Crippen molar-refractivity contribution in [1.82, 2.24) is 4.90 Å². The van der Waals surface area contributed by atoms with Crippen LogP contribution >= 0.6 is 15.9 Å². The average Bonchev–Trinajstić information content (AvgIpc) is 2.58. The van der Waals surface area contributed by atoms with Crippen molar-refractivity contribution in [3.8, 4) is 11.8 Å². The molecule has 0 amide bonds. The number of halogens is 1. The first-order chi connectivity index (χ1) is 11.1. The van der Waals surface area contributed by atoms with Gasteiger partial charge in [0, 0.05) is 28.9 Å². The van der Waals surface area contributed by atoms with Gasteiger partial charge in [0.15, 0.2) is 0 Å². The van der Waals surface area contributed by atoms with E-state index in [2.05, 4.69) is 37.2 Å². The number of carbonyl (C=O) groups is 2. The molecule has 5 nitrogen and oxygen atoms in total. The quantitative estimate of drug-likeness (QED) is 0.344. The van der Waals surface area contributed by atoms with Gasteiger partial charge in [-0.15, -0.1) is 0 Å². The van der Waals surface area contributed by atoms with E-state index in [-0.39, 0.29) is 0 Å². The number of hydrogen-bond acceptors (Lipinski definition) is 5. The molecule has 1 heterocycles. The highest BCUT2D eigenvalue weighted by Crippen LogP contribution is 2.37. The van der Waals surface area contributed by atoms with Crippen LogP contribution in [0, 0.1) is 11.8 Å². The van der Waals surface area contributed by atoms with E-state index in [1.807, 2.05) is 24.3 Å². The summed E-state index contributed by atoms with van der Waals surface area (Å²) in [6.07, 6.45) is 4.63. The predicted molar refractivity (Wildman–Crippen MR) is 88.9 cm³/mol. The van der Waals surface area contributed by atoms with Crippen LogP contribution in [0.3, 0.4) is 0 Å². The zero-order valence-corrected chi connectivity index (χ0v) is 14.2. The van der Waals surface area contributed by atoms with Crippen molar-refractivity contribution in [3.05, 3.63) is 53.9 Å². The molecule has 1 aromatic rings. The lowest BCUT2D eigenvalue weighted by Gasteiger charge is -2.30. The van der Waals surface area contributed by atoms with Crippen LogP contribution in [0.2, 0.25) is 0 Å². The third kappa shape index (κ3) is 4.02. The smallest absolute Gasteiger partial charge is 0.384 e. The van der Waals surface area contributed by atoms with Gasteiger partial charge in [0.2, 0.25) is 0 Å². The highest BCUT2D eigenvalue weighted by molar-refractivity contribution is 9.15. The molecule has 0 N–H and O–H groups in total. The molecule has 0 spiro atoms. The maximum absolute atomic E-state index is 11.3. The number of benzene rings is 1. The van der Waals surface area contributed by atoms with Gasteiger partial charge in [-0.2, -0.15) is 0 Å². The lowest BCUT2D eigenvalue weighted by atomic mass is 9.96. The first-order valence-corrected chi connectivity index (χ1v) is 7.45. The lowest BCUT2D eigenvalue weighted by molar-refractivity contribution is -0.135. The topological polar surface area (TPSA) is 55.8 Å². The number of nitrogens with zero attached hydrogens (tertiary/aromatic N) is 1. The van der Waals surface area contributed by atoms with Gasteiger partial charge < -0.3 is 14.4 Å². The van der Waals surface area contributed by atoms with Crippen molar-refractivity contribution in [2.45, 2.75) is 6.04 Å². The van der Waals surface area contributed by atoms with Crippen LogP contribution in [0.4, 0.5) is 0 Å². The van der Waals surface area contributed by atoms with Crippen LogP contribution in [0.5, 0.6) is 0 Å². The summed E-state index contributed by atoms with van der Waals surface area (Å²) < 4.78 is 9.99. The van der Waals surface area contributed by atoms with Crippen LogP contribution in [0.25, 0.3) is 4.48 Å². The van der Waals surface area contributed by atoms with Crippen molar-refractivity contribution >= 4 is 32.4 Å². The van der Waals surface area contributed by atoms with Gasteiger partial charge in [0.25, 0.3) is 0 Å². The molecule has 0 saturated carbocycles. The molecular formula is C17H14BrNO4. The molecule has 118 valence electrons. The Morgan fingerprint density at radius 1 is 1.26 bits per heavy atom. The van der Waals surface area contributed by atoms with Crippen molar-refractivity contribution in [2.24, 2.45) is 0 Å². The van der Waals surface area contributed by atoms with Crippen molar-refractivity contribution in [1.29, 1.82) is 0 Å². The predicted octanol–water partition coefficient (Wildman–Crippen LogP) is 2.60. The highest BCUT2D eigenvalue weighted by atomic mass is 79.9. The maximum Gasteiger partial charge on any atom is 0.384 e. The Kier molecular flexibility index (Phi) is 5.61. The molecule has 1 aliphatic rings. The second kappa shape index (κ2) is 7.65. The van der Waals surface area contributed by atoms with Gasteiger partial charge in [-0.1, -0.05) is 30.2 Å². The molecule has 0 radical (unpaired) electrons. The zero-order chi connectivity index (χ0) is 16.8. The normalized spacial score (nSPS) is 16.0. The summed E-state index contributed by atoms with van der Waals surface area (Å²) in [7, 11) is 2.58. The van der Waals surface area contributed by atoms with Crippen LogP contribution < -0.4 is 0 Å².